The molecule has 4 heterocycles. The van der Waals surface area contributed by atoms with E-state index in [1.165, 1.54) is 39.7 Å². The number of fused-ring (bicyclic) bond motifs is 1. The van der Waals surface area contributed by atoms with Gasteiger partial charge in [-0.05, 0) is 42.6 Å². The Balaban J connectivity index is 1.25. The molecular formula is C32H38Cl2N4O7S3+2. The zero-order chi connectivity index (χ0) is 34.7. The van der Waals surface area contributed by atoms with Crippen LogP contribution >= 0.6 is 58.7 Å². The van der Waals surface area contributed by atoms with Crippen molar-refractivity contribution >= 4 is 82.4 Å². The molecular weight excluding hydrogens is 719 g/mol. The van der Waals surface area contributed by atoms with Crippen molar-refractivity contribution in [1.29, 1.82) is 0 Å². The molecule has 2 atom stereocenters. The highest BCUT2D eigenvalue weighted by atomic mass is 35.5. The topological polar surface area (TPSA) is 128 Å². The van der Waals surface area contributed by atoms with Gasteiger partial charge in [-0.15, -0.1) is 23.5 Å². The number of hydrogen-bond donors (Lipinski definition) is 2. The van der Waals surface area contributed by atoms with Crippen LogP contribution in [0.3, 0.4) is 0 Å². The standard InChI is InChI=1S/C32H36Cl2N4O7S3/c1-19-20(2)35(8-4-10-38(16-27(40)41)11-13-45-14-12-38)9-7-25(19)46-17-22-18-47-31-29(30(42)36(31)28(22)32(43)44)37(21(3)39)48-26-15-23(33)5-6-24(26)34/h5-7,9,15,29,31H,4,8,10-14,16-18H2,1-3H3/p+2/t29-,31+/m0/s1. The molecule has 1 aromatic heterocycles. The van der Waals surface area contributed by atoms with E-state index in [2.05, 4.69) is 4.57 Å². The molecule has 2 amide bonds. The second kappa shape index (κ2) is 15.6. The number of carbonyl (C=O) groups is 4. The third kappa shape index (κ3) is 7.95. The number of β-lactam (4-membered cyclic amide) rings is 1. The summed E-state index contributed by atoms with van der Waals surface area (Å²) in [4.78, 5) is 53.1. The number of amides is 2. The number of ether oxygens (including phenoxy) is 1. The van der Waals surface area contributed by atoms with E-state index in [0.29, 0.717) is 62.8 Å². The summed E-state index contributed by atoms with van der Waals surface area (Å²) in [5.74, 6) is -1.98. The largest absolute Gasteiger partial charge is 0.477 e. The molecule has 1 aromatic carbocycles. The highest BCUT2D eigenvalue weighted by Crippen LogP contribution is 2.46. The van der Waals surface area contributed by atoms with Gasteiger partial charge in [0.15, 0.2) is 31.0 Å². The second-order valence-electron chi connectivity index (χ2n) is 12.0. The van der Waals surface area contributed by atoms with Gasteiger partial charge in [0.25, 0.3) is 5.91 Å². The van der Waals surface area contributed by atoms with Crippen LogP contribution in [0.5, 0.6) is 0 Å². The van der Waals surface area contributed by atoms with Crippen LogP contribution in [0.25, 0.3) is 0 Å². The number of aryl methyl sites for hydroxylation is 1. The van der Waals surface area contributed by atoms with Crippen molar-refractivity contribution in [3.05, 3.63) is 63.0 Å². The van der Waals surface area contributed by atoms with Gasteiger partial charge in [0, 0.05) is 51.8 Å². The number of quaternary nitrogens is 1. The average molecular weight is 758 g/mol. The summed E-state index contributed by atoms with van der Waals surface area (Å²) in [7, 11) is 0. The number of nitrogens with zero attached hydrogens (tertiary/aromatic N) is 4. The Labute approximate surface area is 302 Å². The van der Waals surface area contributed by atoms with Gasteiger partial charge in [0.05, 0.1) is 31.2 Å². The van der Waals surface area contributed by atoms with Gasteiger partial charge in [-0.1, -0.05) is 23.2 Å². The van der Waals surface area contributed by atoms with E-state index in [1.54, 1.807) is 18.2 Å². The number of pyridine rings is 1. The van der Waals surface area contributed by atoms with Crippen molar-refractivity contribution in [3.63, 3.8) is 0 Å². The van der Waals surface area contributed by atoms with Crippen molar-refractivity contribution < 1.29 is 43.2 Å². The van der Waals surface area contributed by atoms with Crippen LogP contribution in [0.15, 0.2) is 51.5 Å². The number of aromatic nitrogens is 1. The lowest BCUT2D eigenvalue weighted by molar-refractivity contribution is -0.930. The van der Waals surface area contributed by atoms with Crippen LogP contribution in [-0.4, -0.2) is 110 Å². The second-order valence-corrected chi connectivity index (χ2v) is 16.0. The molecule has 3 aliphatic heterocycles. The van der Waals surface area contributed by atoms with Crippen molar-refractivity contribution in [2.24, 2.45) is 0 Å². The molecule has 2 aromatic rings. The molecule has 0 unspecified atom stereocenters. The van der Waals surface area contributed by atoms with E-state index in [-0.39, 0.29) is 18.1 Å². The zero-order valence-corrected chi connectivity index (χ0v) is 30.8. The summed E-state index contributed by atoms with van der Waals surface area (Å²) in [6.07, 6.45) is 2.85. The number of carboxylic acids is 2. The highest BCUT2D eigenvalue weighted by Gasteiger charge is 2.57. The van der Waals surface area contributed by atoms with E-state index >= 15 is 0 Å². The Morgan fingerprint density at radius 1 is 1.15 bits per heavy atom. The minimum atomic E-state index is -1.18. The first-order chi connectivity index (χ1) is 22.8. The Morgan fingerprint density at radius 2 is 1.88 bits per heavy atom. The summed E-state index contributed by atoms with van der Waals surface area (Å²) in [5, 5.41) is 20.0. The lowest BCUT2D eigenvalue weighted by Crippen LogP contribution is -2.70. The molecule has 258 valence electrons. The first-order valence-electron chi connectivity index (χ1n) is 15.4. The fourth-order valence-electron chi connectivity index (χ4n) is 6.23. The number of carboxylic acid groups (broad SMARTS) is 2. The molecule has 48 heavy (non-hydrogen) atoms. The molecule has 0 spiro atoms. The zero-order valence-electron chi connectivity index (χ0n) is 26.8. The van der Waals surface area contributed by atoms with Gasteiger partial charge in [-0.2, -0.15) is 0 Å². The summed E-state index contributed by atoms with van der Waals surface area (Å²) >= 11 is 16.5. The molecule has 5 rings (SSSR count). The van der Waals surface area contributed by atoms with Crippen molar-refractivity contribution in [1.82, 2.24) is 9.21 Å². The summed E-state index contributed by atoms with van der Waals surface area (Å²) in [6.45, 7) is 9.61. The first-order valence-corrected chi connectivity index (χ1v) is 19.0. The Morgan fingerprint density at radius 3 is 2.54 bits per heavy atom. The monoisotopic (exact) mass is 756 g/mol. The Kier molecular flexibility index (Phi) is 12.0. The lowest BCUT2D eigenvalue weighted by atomic mass is 10.0. The minimum absolute atomic E-state index is 0.0244. The molecule has 3 aliphatic rings. The maximum absolute atomic E-state index is 13.5. The summed E-state index contributed by atoms with van der Waals surface area (Å²) in [6, 6.07) is 6.04. The van der Waals surface area contributed by atoms with Crippen molar-refractivity contribution in [2.45, 2.75) is 54.9 Å². The third-order valence-corrected chi connectivity index (χ3v) is 13.4. The summed E-state index contributed by atoms with van der Waals surface area (Å²) < 4.78 is 9.54. The highest BCUT2D eigenvalue weighted by molar-refractivity contribution is 8.01. The fraction of sp³-hybridized carbons (Fsp3) is 0.469. The quantitative estimate of drug-likeness (QED) is 0.0993. The minimum Gasteiger partial charge on any atom is -0.477 e. The molecule has 0 saturated carbocycles. The summed E-state index contributed by atoms with van der Waals surface area (Å²) in [5.41, 5.74) is 2.78. The number of thioether (sulfide) groups is 2. The van der Waals surface area contributed by atoms with Crippen molar-refractivity contribution in [3.8, 4) is 0 Å². The van der Waals surface area contributed by atoms with Crippen LogP contribution in [-0.2, 0) is 30.5 Å². The van der Waals surface area contributed by atoms with Gasteiger partial charge in [-0.3, -0.25) is 18.8 Å². The molecule has 16 heteroatoms. The van der Waals surface area contributed by atoms with E-state index in [1.807, 2.05) is 26.1 Å². The fourth-order valence-corrected chi connectivity index (χ4v) is 10.4. The van der Waals surface area contributed by atoms with Crippen LogP contribution in [0.1, 0.15) is 24.6 Å². The molecule has 2 saturated heterocycles. The molecule has 2 fully saturated rings. The number of benzene rings is 1. The van der Waals surface area contributed by atoms with E-state index in [9.17, 15) is 29.4 Å². The first kappa shape index (κ1) is 36.8. The van der Waals surface area contributed by atoms with Gasteiger partial charge < -0.3 is 19.4 Å². The van der Waals surface area contributed by atoms with Gasteiger partial charge in [-0.25, -0.2) is 14.2 Å². The van der Waals surface area contributed by atoms with Crippen LogP contribution in [0.2, 0.25) is 10.0 Å². The maximum Gasteiger partial charge on any atom is 0.359 e. The molecule has 0 radical (unpaired) electrons. The van der Waals surface area contributed by atoms with E-state index in [0.717, 1.165) is 47.6 Å². The van der Waals surface area contributed by atoms with Gasteiger partial charge in [0.1, 0.15) is 24.2 Å². The normalized spacial score (nSPS) is 20.3. The van der Waals surface area contributed by atoms with Gasteiger partial charge in [0.2, 0.25) is 5.91 Å². The lowest BCUT2D eigenvalue weighted by Gasteiger charge is -2.52. The number of rotatable bonds is 13. The van der Waals surface area contributed by atoms with Gasteiger partial charge >= 0.3 is 11.9 Å². The molecule has 2 N–H and O–H groups in total. The molecule has 0 aliphatic carbocycles. The van der Waals surface area contributed by atoms with Crippen LogP contribution in [0.4, 0.5) is 0 Å². The van der Waals surface area contributed by atoms with Crippen molar-refractivity contribution in [2.75, 3.05) is 50.9 Å². The van der Waals surface area contributed by atoms with Crippen LogP contribution < -0.4 is 4.57 Å². The smallest absolute Gasteiger partial charge is 0.359 e. The molecule has 11 nitrogen and oxygen atoms in total. The SMILES string of the molecule is CC(=O)N(Sc1cc(Cl)ccc1Cl)[C@H]1C(=O)N2C(C(=O)O)=C(CSc3cc[n+](CCC[N+]4(CC(=O)O)CCOCC4)c(C)c3C)CS[C@H]12. The predicted molar refractivity (Wildman–Crippen MR) is 186 cm³/mol. The number of carbonyl (C=O) groups excluding carboxylic acids is 2. The average Bonchev–Trinajstić information content (AvgIpc) is 3.03. The van der Waals surface area contributed by atoms with Crippen LogP contribution in [0, 0.1) is 13.8 Å². The third-order valence-electron chi connectivity index (χ3n) is 8.95. The number of hydrogen-bond acceptors (Lipinski definition) is 8. The number of aliphatic carboxylic acids is 2. The van der Waals surface area contributed by atoms with E-state index < -0.39 is 29.3 Å². The number of morpholine rings is 1. The predicted octanol–water partition coefficient (Wildman–Crippen LogP) is 4.49. The number of halogens is 2. The molecule has 0 bridgehead atoms. The maximum atomic E-state index is 13.5. The Bertz CT molecular complexity index is 1650. The van der Waals surface area contributed by atoms with E-state index in [4.69, 9.17) is 27.9 Å². The Hall–Kier alpha value is -2.46.